The first-order valence-corrected chi connectivity index (χ1v) is 7.83. The van der Waals surface area contributed by atoms with Crippen LogP contribution in [0.1, 0.15) is 25.0 Å². The zero-order valence-electron chi connectivity index (χ0n) is 14.6. The molecule has 0 aromatic heterocycles. The normalized spacial score (nSPS) is 10.7. The van der Waals surface area contributed by atoms with Crippen molar-refractivity contribution < 1.29 is 9.13 Å². The summed E-state index contributed by atoms with van der Waals surface area (Å²) in [4.78, 5) is 0. The smallest absolute Gasteiger partial charge is 0.123 e. The van der Waals surface area contributed by atoms with E-state index in [1.165, 1.54) is 18.3 Å². The molecule has 5 heteroatoms. The average Bonchev–Trinajstić information content (AvgIpc) is 2.56. The van der Waals surface area contributed by atoms with E-state index in [0.717, 1.165) is 5.69 Å². The highest BCUT2D eigenvalue weighted by Crippen LogP contribution is 2.26. The molecule has 0 heterocycles. The van der Waals surface area contributed by atoms with E-state index in [9.17, 15) is 4.39 Å². The first-order valence-electron chi connectivity index (χ1n) is 7.83. The summed E-state index contributed by atoms with van der Waals surface area (Å²) in [6.45, 7) is 4.49. The van der Waals surface area contributed by atoms with Crippen molar-refractivity contribution in [3.63, 3.8) is 0 Å². The Kier molecular flexibility index (Phi) is 5.79. The van der Waals surface area contributed by atoms with Gasteiger partial charge < -0.3 is 21.2 Å². The summed E-state index contributed by atoms with van der Waals surface area (Å²) >= 11 is 0. The lowest BCUT2D eigenvalue weighted by Gasteiger charge is -2.16. The molecule has 4 nitrogen and oxygen atoms in total. The lowest BCUT2D eigenvalue weighted by atomic mass is 9.95. The molecule has 0 bridgehead atoms. The number of methoxy groups -OCH3 is 1. The molecule has 0 atom stereocenters. The number of rotatable bonds is 5. The Morgan fingerprint density at radius 3 is 2.56 bits per heavy atom. The molecule has 2 aromatic carbocycles. The van der Waals surface area contributed by atoms with E-state index < -0.39 is 0 Å². The van der Waals surface area contributed by atoms with Crippen molar-refractivity contribution >= 4 is 23.3 Å². The van der Waals surface area contributed by atoms with Crippen LogP contribution < -0.4 is 11.1 Å². The lowest BCUT2D eigenvalue weighted by Crippen LogP contribution is -2.15. The van der Waals surface area contributed by atoms with E-state index in [1.54, 1.807) is 31.4 Å². The van der Waals surface area contributed by atoms with Crippen molar-refractivity contribution in [3.8, 4) is 11.8 Å². The third kappa shape index (κ3) is 5.07. The van der Waals surface area contributed by atoms with Crippen LogP contribution in [0.2, 0.25) is 0 Å². The number of halogens is 1. The standard InChI is InChI=1S/C20H22FN3O/c1-20(2,13-25-3)9-8-14-10-18(23)15(12-22)11-19(14)24-17-6-4-16(21)5-7-17/h4-7,10-12,22,24H,13,23H2,1-3H3. The second kappa shape index (κ2) is 7.82. The Hall–Kier alpha value is -2.84. The lowest BCUT2D eigenvalue weighted by molar-refractivity contribution is 0.137. The molecule has 4 N–H and O–H groups in total. The predicted octanol–water partition coefficient (Wildman–Crippen LogP) is 4.17. The molecule has 0 saturated carbocycles. The Bertz CT molecular complexity index is 817. The second-order valence-electron chi connectivity index (χ2n) is 6.37. The summed E-state index contributed by atoms with van der Waals surface area (Å²) in [5.74, 6) is 6.03. The monoisotopic (exact) mass is 339 g/mol. The number of hydrogen-bond donors (Lipinski definition) is 3. The Labute approximate surface area is 147 Å². The summed E-state index contributed by atoms with van der Waals surface area (Å²) < 4.78 is 18.3. The molecule has 0 aliphatic rings. The largest absolute Gasteiger partial charge is 0.398 e. The Morgan fingerprint density at radius 2 is 1.96 bits per heavy atom. The molecule has 0 spiro atoms. The zero-order chi connectivity index (χ0) is 18.4. The fourth-order valence-electron chi connectivity index (χ4n) is 2.29. The highest BCUT2D eigenvalue weighted by atomic mass is 19.1. The minimum atomic E-state index is -0.309. The van der Waals surface area contributed by atoms with E-state index in [0.29, 0.717) is 29.1 Å². The maximum Gasteiger partial charge on any atom is 0.123 e. The number of anilines is 3. The number of nitrogens with one attached hydrogen (secondary N) is 2. The van der Waals surface area contributed by atoms with Crippen LogP contribution in [-0.2, 0) is 4.74 Å². The number of nitrogens with two attached hydrogens (primary N) is 1. The summed E-state index contributed by atoms with van der Waals surface area (Å²) in [5.41, 5.74) is 8.89. The van der Waals surface area contributed by atoms with Crippen LogP contribution in [-0.4, -0.2) is 19.9 Å². The average molecular weight is 339 g/mol. The van der Waals surface area contributed by atoms with E-state index in [1.807, 2.05) is 13.8 Å². The van der Waals surface area contributed by atoms with Gasteiger partial charge in [-0.05, 0) is 50.2 Å². The number of ether oxygens (including phenoxy) is 1. The van der Waals surface area contributed by atoms with Gasteiger partial charge in [0.2, 0.25) is 0 Å². The number of benzene rings is 2. The summed E-state index contributed by atoms with van der Waals surface area (Å²) in [6.07, 6.45) is 1.19. The summed E-state index contributed by atoms with van der Waals surface area (Å²) in [6, 6.07) is 9.54. The fourth-order valence-corrected chi connectivity index (χ4v) is 2.29. The van der Waals surface area contributed by atoms with Crippen molar-refractivity contribution in [3.05, 3.63) is 53.3 Å². The van der Waals surface area contributed by atoms with E-state index in [-0.39, 0.29) is 11.2 Å². The quantitative estimate of drug-likeness (QED) is 0.435. The van der Waals surface area contributed by atoms with Gasteiger partial charge in [-0.3, -0.25) is 0 Å². The van der Waals surface area contributed by atoms with E-state index in [2.05, 4.69) is 17.2 Å². The SMILES string of the molecule is COCC(C)(C)C#Cc1cc(N)c(C=N)cc1Nc1ccc(F)cc1. The van der Waals surface area contributed by atoms with Crippen LogP contribution in [0, 0.1) is 28.5 Å². The number of nitrogen functional groups attached to an aromatic ring is 1. The summed E-state index contributed by atoms with van der Waals surface area (Å²) in [7, 11) is 1.64. The van der Waals surface area contributed by atoms with Crippen molar-refractivity contribution in [2.45, 2.75) is 13.8 Å². The molecule has 2 rings (SSSR count). The molecule has 130 valence electrons. The first kappa shape index (κ1) is 18.5. The van der Waals surface area contributed by atoms with Gasteiger partial charge in [-0.2, -0.15) is 0 Å². The van der Waals surface area contributed by atoms with Gasteiger partial charge in [0.1, 0.15) is 5.82 Å². The first-order chi connectivity index (χ1) is 11.8. The van der Waals surface area contributed by atoms with Gasteiger partial charge in [-0.25, -0.2) is 4.39 Å². The van der Waals surface area contributed by atoms with Crippen LogP contribution in [0.3, 0.4) is 0 Å². The van der Waals surface area contributed by atoms with Gasteiger partial charge in [0.25, 0.3) is 0 Å². The van der Waals surface area contributed by atoms with Crippen LogP contribution in [0.4, 0.5) is 21.5 Å². The third-order valence-corrected chi connectivity index (χ3v) is 3.54. The highest BCUT2D eigenvalue weighted by molar-refractivity contribution is 5.89. The molecule has 0 fully saturated rings. The van der Waals surface area contributed by atoms with E-state index in [4.69, 9.17) is 15.9 Å². The minimum Gasteiger partial charge on any atom is -0.398 e. The van der Waals surface area contributed by atoms with Crippen molar-refractivity contribution in [1.82, 2.24) is 0 Å². The van der Waals surface area contributed by atoms with Gasteiger partial charge >= 0.3 is 0 Å². The van der Waals surface area contributed by atoms with Gasteiger partial charge in [0.05, 0.1) is 17.9 Å². The van der Waals surface area contributed by atoms with Crippen LogP contribution in [0.15, 0.2) is 36.4 Å². The molecule has 0 unspecified atom stereocenters. The summed E-state index contributed by atoms with van der Waals surface area (Å²) in [5, 5.41) is 10.7. The van der Waals surface area contributed by atoms with Crippen molar-refractivity contribution in [2.75, 3.05) is 24.8 Å². The zero-order valence-corrected chi connectivity index (χ0v) is 14.6. The maximum atomic E-state index is 13.1. The topological polar surface area (TPSA) is 71.1 Å². The van der Waals surface area contributed by atoms with Gasteiger partial charge in [0, 0.05) is 35.7 Å². The van der Waals surface area contributed by atoms with Crippen LogP contribution in [0.5, 0.6) is 0 Å². The molecule has 0 amide bonds. The highest BCUT2D eigenvalue weighted by Gasteiger charge is 2.14. The molecule has 0 radical (unpaired) electrons. The Balaban J connectivity index is 2.44. The van der Waals surface area contributed by atoms with Crippen LogP contribution >= 0.6 is 0 Å². The van der Waals surface area contributed by atoms with Gasteiger partial charge in [0.15, 0.2) is 0 Å². The molecule has 0 aliphatic heterocycles. The molecule has 0 aliphatic carbocycles. The van der Waals surface area contributed by atoms with Gasteiger partial charge in [-0.15, -0.1) is 0 Å². The maximum absolute atomic E-state index is 13.1. The van der Waals surface area contributed by atoms with Crippen molar-refractivity contribution in [1.29, 1.82) is 5.41 Å². The fraction of sp³-hybridized carbons (Fsp3) is 0.250. The molecule has 2 aromatic rings. The Morgan fingerprint density at radius 1 is 1.28 bits per heavy atom. The van der Waals surface area contributed by atoms with Crippen molar-refractivity contribution in [2.24, 2.45) is 5.41 Å². The second-order valence-corrected chi connectivity index (χ2v) is 6.37. The predicted molar refractivity (Wildman–Crippen MR) is 101 cm³/mol. The molecule has 0 saturated heterocycles. The molecular formula is C20H22FN3O. The third-order valence-electron chi connectivity index (χ3n) is 3.54. The van der Waals surface area contributed by atoms with Crippen LogP contribution in [0.25, 0.3) is 0 Å². The minimum absolute atomic E-state index is 0.302. The number of hydrogen-bond acceptors (Lipinski definition) is 4. The van der Waals surface area contributed by atoms with E-state index >= 15 is 0 Å². The van der Waals surface area contributed by atoms with Gasteiger partial charge in [-0.1, -0.05) is 11.8 Å². The molecular weight excluding hydrogens is 317 g/mol. The molecule has 25 heavy (non-hydrogen) atoms.